The van der Waals surface area contributed by atoms with Gasteiger partial charge in [-0.2, -0.15) is 4.31 Å². The van der Waals surface area contributed by atoms with Crippen molar-refractivity contribution in [1.29, 1.82) is 0 Å². The van der Waals surface area contributed by atoms with Crippen molar-refractivity contribution >= 4 is 10.0 Å². The number of halogens is 2. The Morgan fingerprint density at radius 3 is 2.43 bits per heavy atom. The Kier molecular flexibility index (Phi) is 4.90. The van der Waals surface area contributed by atoms with Crippen LogP contribution in [0.3, 0.4) is 0 Å². The van der Waals surface area contributed by atoms with Gasteiger partial charge in [-0.05, 0) is 13.8 Å². The van der Waals surface area contributed by atoms with Gasteiger partial charge in [0.15, 0.2) is 0 Å². The van der Waals surface area contributed by atoms with Crippen LogP contribution in [0.2, 0.25) is 0 Å². The van der Waals surface area contributed by atoms with Gasteiger partial charge in [0.25, 0.3) is 0 Å². The molecule has 1 atom stereocenters. The summed E-state index contributed by atoms with van der Waals surface area (Å²) in [5.41, 5.74) is -0.0244. The van der Waals surface area contributed by atoms with E-state index in [1.165, 1.54) is 4.31 Å². The van der Waals surface area contributed by atoms with Gasteiger partial charge in [-0.25, -0.2) is 17.2 Å². The van der Waals surface area contributed by atoms with Gasteiger partial charge in [-0.1, -0.05) is 0 Å². The molecule has 118 valence electrons. The third-order valence-electron chi connectivity index (χ3n) is 3.80. The monoisotopic (exact) mass is 319 g/mol. The van der Waals surface area contributed by atoms with Gasteiger partial charge in [0.05, 0.1) is 18.1 Å². The molecule has 1 aromatic rings. The molecule has 21 heavy (non-hydrogen) atoms. The van der Waals surface area contributed by atoms with Gasteiger partial charge in [0, 0.05) is 37.8 Å². The van der Waals surface area contributed by atoms with E-state index in [4.69, 9.17) is 0 Å². The number of rotatable bonds is 4. The molecule has 0 radical (unpaired) electrons. The maximum atomic E-state index is 13.6. The Morgan fingerprint density at radius 2 is 1.90 bits per heavy atom. The van der Waals surface area contributed by atoms with Crippen molar-refractivity contribution in [2.75, 3.05) is 25.4 Å². The summed E-state index contributed by atoms with van der Waals surface area (Å²) in [6, 6.07) is -0.105. The molecular weight excluding hydrogens is 300 g/mol. The van der Waals surface area contributed by atoms with Crippen LogP contribution in [0, 0.1) is 11.6 Å². The van der Waals surface area contributed by atoms with Gasteiger partial charge in [-0.15, -0.1) is 0 Å². The zero-order valence-electron chi connectivity index (χ0n) is 12.1. The van der Waals surface area contributed by atoms with Crippen LogP contribution < -0.4 is 0 Å². The molecule has 0 spiro atoms. The van der Waals surface area contributed by atoms with Crippen molar-refractivity contribution in [3.63, 3.8) is 0 Å². The molecule has 5 nitrogen and oxygen atoms in total. The summed E-state index contributed by atoms with van der Waals surface area (Å²) in [7, 11) is -3.22. The van der Waals surface area contributed by atoms with Crippen molar-refractivity contribution < 1.29 is 17.2 Å². The minimum Gasteiger partial charge on any atom is -0.294 e. The van der Waals surface area contributed by atoms with Crippen molar-refractivity contribution in [3.05, 3.63) is 29.6 Å². The van der Waals surface area contributed by atoms with Crippen molar-refractivity contribution in [1.82, 2.24) is 14.2 Å². The number of hydrogen-bond acceptors (Lipinski definition) is 4. The summed E-state index contributed by atoms with van der Waals surface area (Å²) in [5.74, 6) is -1.29. The van der Waals surface area contributed by atoms with Crippen LogP contribution >= 0.6 is 0 Å². The number of piperazine rings is 1. The van der Waals surface area contributed by atoms with Gasteiger partial charge < -0.3 is 0 Å². The average molecular weight is 319 g/mol. The Hall–Kier alpha value is -1.12. The summed E-state index contributed by atoms with van der Waals surface area (Å²) < 4.78 is 52.4. The van der Waals surface area contributed by atoms with Crippen LogP contribution in [0.4, 0.5) is 8.78 Å². The lowest BCUT2D eigenvalue weighted by atomic mass is 10.1. The minimum absolute atomic E-state index is 0.0244. The number of aromatic nitrogens is 1. The second-order valence-electron chi connectivity index (χ2n) is 5.16. The van der Waals surface area contributed by atoms with Gasteiger partial charge in [-0.3, -0.25) is 9.88 Å². The maximum Gasteiger partial charge on any atom is 0.213 e. The molecule has 1 aliphatic heterocycles. The fourth-order valence-corrected chi connectivity index (χ4v) is 3.59. The summed E-state index contributed by atoms with van der Waals surface area (Å²) in [6.07, 6.45) is 1.97. The van der Waals surface area contributed by atoms with Crippen LogP contribution in [0.1, 0.15) is 19.4 Å². The quantitative estimate of drug-likeness (QED) is 0.837. The molecule has 2 heterocycles. The fourth-order valence-electron chi connectivity index (χ4n) is 2.42. The zero-order valence-corrected chi connectivity index (χ0v) is 12.9. The number of nitrogens with zero attached hydrogens (tertiary/aromatic N) is 3. The lowest BCUT2D eigenvalue weighted by Gasteiger charge is -2.39. The smallest absolute Gasteiger partial charge is 0.213 e. The normalized spacial score (nSPS) is 21.6. The van der Waals surface area contributed by atoms with Crippen LogP contribution in [0.25, 0.3) is 0 Å². The molecule has 0 unspecified atom stereocenters. The minimum atomic E-state index is -3.22. The lowest BCUT2D eigenvalue weighted by molar-refractivity contribution is 0.119. The molecule has 0 bridgehead atoms. The van der Waals surface area contributed by atoms with Gasteiger partial charge in [0.2, 0.25) is 10.0 Å². The highest BCUT2D eigenvalue weighted by molar-refractivity contribution is 7.89. The van der Waals surface area contributed by atoms with Crippen molar-refractivity contribution in [2.45, 2.75) is 26.4 Å². The predicted octanol–water partition coefficient (Wildman–Crippen LogP) is 1.22. The third-order valence-corrected chi connectivity index (χ3v) is 5.65. The van der Waals surface area contributed by atoms with E-state index in [1.54, 1.807) is 6.92 Å². The fraction of sp³-hybridized carbons (Fsp3) is 0.615. The van der Waals surface area contributed by atoms with E-state index in [0.29, 0.717) is 19.6 Å². The number of pyridine rings is 1. The Labute approximate surface area is 123 Å². The number of hydrogen-bond donors (Lipinski definition) is 0. The van der Waals surface area contributed by atoms with Gasteiger partial charge in [0.1, 0.15) is 11.6 Å². The predicted molar refractivity (Wildman–Crippen MR) is 75.1 cm³/mol. The van der Waals surface area contributed by atoms with Gasteiger partial charge >= 0.3 is 0 Å². The Bertz CT molecular complexity index is 589. The molecule has 2 rings (SSSR count). The standard InChI is InChI=1S/C13H19F2N3O2S/c1-3-21(19,20)18-5-4-17(10(2)8-18)9-11-12(14)6-16-7-13(11)15/h6-7,10H,3-5,8-9H2,1-2H3/t10-/m1/s1. The van der Waals surface area contributed by atoms with Crippen LogP contribution in [-0.4, -0.2) is 54.0 Å². The Balaban J connectivity index is 2.08. The summed E-state index contributed by atoms with van der Waals surface area (Å²) in [5, 5.41) is 0. The second-order valence-corrected chi connectivity index (χ2v) is 7.42. The molecule has 1 aliphatic rings. The zero-order chi connectivity index (χ0) is 15.6. The molecule has 1 aromatic heterocycles. The molecule has 1 fully saturated rings. The largest absolute Gasteiger partial charge is 0.294 e. The highest BCUT2D eigenvalue weighted by Crippen LogP contribution is 2.19. The Morgan fingerprint density at radius 1 is 1.29 bits per heavy atom. The van der Waals surface area contributed by atoms with Crippen molar-refractivity contribution in [3.8, 4) is 0 Å². The molecule has 0 saturated carbocycles. The van der Waals surface area contributed by atoms with E-state index in [0.717, 1.165) is 12.4 Å². The molecule has 8 heteroatoms. The van der Waals surface area contributed by atoms with Crippen LogP contribution in [-0.2, 0) is 16.6 Å². The molecule has 0 N–H and O–H groups in total. The molecule has 1 saturated heterocycles. The summed E-state index contributed by atoms with van der Waals surface area (Å²) in [6.45, 7) is 4.70. The first kappa shape index (κ1) is 16.3. The molecule has 0 aliphatic carbocycles. The number of sulfonamides is 1. The van der Waals surface area contributed by atoms with E-state index in [9.17, 15) is 17.2 Å². The first-order valence-electron chi connectivity index (χ1n) is 6.85. The molecule has 0 aromatic carbocycles. The van der Waals surface area contributed by atoms with E-state index in [-0.39, 0.29) is 23.9 Å². The maximum absolute atomic E-state index is 13.6. The van der Waals surface area contributed by atoms with E-state index in [1.807, 2.05) is 11.8 Å². The first-order chi connectivity index (χ1) is 9.85. The van der Waals surface area contributed by atoms with E-state index in [2.05, 4.69) is 4.98 Å². The van der Waals surface area contributed by atoms with Crippen LogP contribution in [0.5, 0.6) is 0 Å². The topological polar surface area (TPSA) is 53.5 Å². The summed E-state index contributed by atoms with van der Waals surface area (Å²) >= 11 is 0. The molecule has 0 amide bonds. The first-order valence-corrected chi connectivity index (χ1v) is 8.45. The average Bonchev–Trinajstić information content (AvgIpc) is 2.44. The third kappa shape index (κ3) is 3.56. The highest BCUT2D eigenvalue weighted by Gasteiger charge is 2.30. The van der Waals surface area contributed by atoms with E-state index < -0.39 is 21.7 Å². The van der Waals surface area contributed by atoms with E-state index >= 15 is 0 Å². The molecular formula is C13H19F2N3O2S. The SMILES string of the molecule is CCS(=O)(=O)N1CCN(Cc2c(F)cncc2F)[C@H](C)C1. The highest BCUT2D eigenvalue weighted by atomic mass is 32.2. The lowest BCUT2D eigenvalue weighted by Crippen LogP contribution is -2.53. The summed E-state index contributed by atoms with van der Waals surface area (Å²) in [4.78, 5) is 5.33. The van der Waals surface area contributed by atoms with Crippen LogP contribution in [0.15, 0.2) is 12.4 Å². The second kappa shape index (κ2) is 6.33. The van der Waals surface area contributed by atoms with Crippen molar-refractivity contribution in [2.24, 2.45) is 0 Å².